The molecule has 0 aliphatic rings. The Bertz CT molecular complexity index is 332. The first-order valence-corrected chi connectivity index (χ1v) is 9.28. The van der Waals surface area contributed by atoms with Gasteiger partial charge in [-0.05, 0) is 23.1 Å². The zero-order valence-electron chi connectivity index (χ0n) is 11.8. The minimum atomic E-state index is -1.39. The SMILES string of the molecule is CC(C)[Si](C)(c1ccc(CCO)cc1)C(C)C. The Labute approximate surface area is 107 Å². The van der Waals surface area contributed by atoms with Crippen molar-refractivity contribution in [3.8, 4) is 0 Å². The minimum Gasteiger partial charge on any atom is -0.396 e. The van der Waals surface area contributed by atoms with Gasteiger partial charge in [-0.1, -0.05) is 63.7 Å². The second kappa shape index (κ2) is 5.83. The molecule has 0 atom stereocenters. The van der Waals surface area contributed by atoms with Crippen molar-refractivity contribution in [3.05, 3.63) is 29.8 Å². The van der Waals surface area contributed by atoms with Crippen LogP contribution in [0.15, 0.2) is 24.3 Å². The molecule has 0 aromatic heterocycles. The molecule has 0 saturated heterocycles. The smallest absolute Gasteiger partial charge is 0.0886 e. The third-order valence-electron chi connectivity index (χ3n) is 4.38. The molecule has 0 aliphatic heterocycles. The highest BCUT2D eigenvalue weighted by Crippen LogP contribution is 2.31. The third-order valence-corrected chi connectivity index (χ3v) is 10.7. The summed E-state index contributed by atoms with van der Waals surface area (Å²) in [5.74, 6) is 0. The van der Waals surface area contributed by atoms with Gasteiger partial charge in [0.25, 0.3) is 0 Å². The van der Waals surface area contributed by atoms with Crippen LogP contribution in [0.5, 0.6) is 0 Å². The molecule has 1 rings (SSSR count). The summed E-state index contributed by atoms with van der Waals surface area (Å²) in [6, 6.07) is 8.94. The number of hydrogen-bond acceptors (Lipinski definition) is 1. The highest BCUT2D eigenvalue weighted by molar-refractivity contribution is 6.92. The zero-order chi connectivity index (χ0) is 13.1. The average Bonchev–Trinajstić information content (AvgIpc) is 2.28. The molecule has 96 valence electrons. The van der Waals surface area contributed by atoms with Crippen LogP contribution in [0, 0.1) is 0 Å². The van der Waals surface area contributed by atoms with Gasteiger partial charge in [0.2, 0.25) is 0 Å². The van der Waals surface area contributed by atoms with Crippen molar-refractivity contribution in [3.63, 3.8) is 0 Å². The lowest BCUT2D eigenvalue weighted by atomic mass is 10.2. The Morgan fingerprint density at radius 3 is 1.82 bits per heavy atom. The van der Waals surface area contributed by atoms with Crippen LogP contribution in [0.3, 0.4) is 0 Å². The molecule has 0 fully saturated rings. The van der Waals surface area contributed by atoms with Gasteiger partial charge in [-0.3, -0.25) is 0 Å². The predicted molar refractivity (Wildman–Crippen MR) is 78.7 cm³/mol. The van der Waals surface area contributed by atoms with Crippen molar-refractivity contribution >= 4 is 13.3 Å². The van der Waals surface area contributed by atoms with Crippen molar-refractivity contribution < 1.29 is 5.11 Å². The molecule has 17 heavy (non-hydrogen) atoms. The van der Waals surface area contributed by atoms with Crippen molar-refractivity contribution in [1.82, 2.24) is 0 Å². The second-order valence-corrected chi connectivity index (χ2v) is 11.2. The van der Waals surface area contributed by atoms with E-state index in [-0.39, 0.29) is 6.61 Å². The summed E-state index contributed by atoms with van der Waals surface area (Å²) in [7, 11) is -1.39. The molecule has 1 aromatic carbocycles. The lowest BCUT2D eigenvalue weighted by molar-refractivity contribution is 0.299. The zero-order valence-corrected chi connectivity index (χ0v) is 12.8. The quantitative estimate of drug-likeness (QED) is 0.795. The average molecular weight is 250 g/mol. The molecule has 0 aliphatic carbocycles. The number of aliphatic hydroxyl groups excluding tert-OH is 1. The lowest BCUT2D eigenvalue weighted by Crippen LogP contribution is -2.50. The van der Waals surface area contributed by atoms with E-state index in [0.717, 1.165) is 17.5 Å². The van der Waals surface area contributed by atoms with E-state index < -0.39 is 8.07 Å². The van der Waals surface area contributed by atoms with Crippen LogP contribution in [0.2, 0.25) is 17.6 Å². The van der Waals surface area contributed by atoms with E-state index in [9.17, 15) is 0 Å². The molecule has 0 saturated carbocycles. The Hall–Kier alpha value is -0.603. The molecule has 2 heteroatoms. The van der Waals surface area contributed by atoms with Crippen molar-refractivity contribution in [2.24, 2.45) is 0 Å². The largest absolute Gasteiger partial charge is 0.396 e. The van der Waals surface area contributed by atoms with E-state index in [1.807, 2.05) is 0 Å². The van der Waals surface area contributed by atoms with Crippen molar-refractivity contribution in [1.29, 1.82) is 0 Å². The van der Waals surface area contributed by atoms with Crippen molar-refractivity contribution in [2.45, 2.75) is 51.7 Å². The van der Waals surface area contributed by atoms with Gasteiger partial charge in [0, 0.05) is 6.61 Å². The maximum absolute atomic E-state index is 8.93. The van der Waals surface area contributed by atoms with Gasteiger partial charge in [0.1, 0.15) is 0 Å². The number of aliphatic hydroxyl groups is 1. The topological polar surface area (TPSA) is 20.2 Å². The van der Waals surface area contributed by atoms with E-state index >= 15 is 0 Å². The van der Waals surface area contributed by atoms with E-state index in [2.05, 4.69) is 58.5 Å². The van der Waals surface area contributed by atoms with Gasteiger partial charge in [0.05, 0.1) is 8.07 Å². The molecule has 0 bridgehead atoms. The summed E-state index contributed by atoms with van der Waals surface area (Å²) in [5.41, 5.74) is 2.75. The van der Waals surface area contributed by atoms with Crippen LogP contribution in [0.4, 0.5) is 0 Å². The molecule has 0 radical (unpaired) electrons. The summed E-state index contributed by atoms with van der Waals surface area (Å²) in [4.78, 5) is 0. The minimum absolute atomic E-state index is 0.238. The van der Waals surface area contributed by atoms with Gasteiger partial charge in [-0.2, -0.15) is 0 Å². The first-order valence-electron chi connectivity index (χ1n) is 6.63. The maximum Gasteiger partial charge on any atom is 0.0886 e. The van der Waals surface area contributed by atoms with E-state index in [1.165, 1.54) is 5.56 Å². The molecule has 1 N–H and O–H groups in total. The maximum atomic E-state index is 8.93. The second-order valence-electron chi connectivity index (χ2n) is 5.76. The molecular weight excluding hydrogens is 224 g/mol. The van der Waals surface area contributed by atoms with Gasteiger partial charge in [-0.15, -0.1) is 0 Å². The Morgan fingerprint density at radius 2 is 1.47 bits per heavy atom. The molecule has 1 aromatic rings. The normalized spacial score (nSPS) is 12.5. The summed E-state index contributed by atoms with van der Waals surface area (Å²) < 4.78 is 0. The Morgan fingerprint density at radius 1 is 1.00 bits per heavy atom. The molecule has 0 heterocycles. The summed E-state index contributed by atoms with van der Waals surface area (Å²) in [5, 5.41) is 10.5. The Balaban J connectivity index is 3.04. The highest BCUT2D eigenvalue weighted by atomic mass is 28.3. The van der Waals surface area contributed by atoms with E-state index in [1.54, 1.807) is 5.19 Å². The lowest BCUT2D eigenvalue weighted by Gasteiger charge is -2.36. The van der Waals surface area contributed by atoms with Gasteiger partial charge in [0.15, 0.2) is 0 Å². The first kappa shape index (κ1) is 14.5. The molecule has 0 unspecified atom stereocenters. The monoisotopic (exact) mass is 250 g/mol. The third kappa shape index (κ3) is 2.99. The van der Waals surface area contributed by atoms with E-state index in [0.29, 0.717) is 0 Å². The standard InChI is InChI=1S/C15H26OSi/c1-12(2)17(5,13(3)4)15-8-6-14(7-9-15)10-11-16/h6-9,12-13,16H,10-11H2,1-5H3. The molecule has 1 nitrogen and oxygen atoms in total. The van der Waals surface area contributed by atoms with Crippen LogP contribution in [0.1, 0.15) is 33.3 Å². The molecule has 0 amide bonds. The molecule has 0 spiro atoms. The highest BCUT2D eigenvalue weighted by Gasteiger charge is 2.36. The summed E-state index contributed by atoms with van der Waals surface area (Å²) in [6.45, 7) is 12.1. The summed E-state index contributed by atoms with van der Waals surface area (Å²) in [6.07, 6.45) is 0.766. The van der Waals surface area contributed by atoms with Gasteiger partial charge < -0.3 is 5.11 Å². The number of hydrogen-bond donors (Lipinski definition) is 1. The van der Waals surface area contributed by atoms with Crippen LogP contribution in [0.25, 0.3) is 0 Å². The fourth-order valence-corrected chi connectivity index (χ4v) is 6.04. The fraction of sp³-hybridized carbons (Fsp3) is 0.600. The number of benzene rings is 1. The van der Waals surface area contributed by atoms with Crippen LogP contribution >= 0.6 is 0 Å². The summed E-state index contributed by atoms with van der Waals surface area (Å²) >= 11 is 0. The first-order chi connectivity index (χ1) is 7.92. The van der Waals surface area contributed by atoms with Crippen LogP contribution < -0.4 is 5.19 Å². The number of rotatable bonds is 5. The van der Waals surface area contributed by atoms with Crippen LogP contribution in [-0.2, 0) is 6.42 Å². The fourth-order valence-electron chi connectivity index (χ4n) is 2.49. The predicted octanol–water partition coefficient (Wildman–Crippen LogP) is 3.33. The van der Waals surface area contributed by atoms with Gasteiger partial charge in [-0.25, -0.2) is 0 Å². The van der Waals surface area contributed by atoms with Gasteiger partial charge >= 0.3 is 0 Å². The van der Waals surface area contributed by atoms with Crippen molar-refractivity contribution in [2.75, 3.05) is 6.61 Å². The van der Waals surface area contributed by atoms with E-state index in [4.69, 9.17) is 5.11 Å². The van der Waals surface area contributed by atoms with Crippen LogP contribution in [-0.4, -0.2) is 19.8 Å². The molecular formula is C15H26OSi. The Kier molecular flexibility index (Phi) is 4.96.